The molecule has 0 aliphatic carbocycles. The normalized spacial score (nSPS) is 11.8. The van der Waals surface area contributed by atoms with Gasteiger partial charge < -0.3 is 0 Å². The Labute approximate surface area is 113 Å². The number of hydrogen-bond acceptors (Lipinski definition) is 1. The molecule has 0 atom stereocenters. The number of halogens is 3. The second-order valence-electron chi connectivity index (χ2n) is 4.42. The van der Waals surface area contributed by atoms with Crippen LogP contribution in [0, 0.1) is 0 Å². The predicted molar refractivity (Wildman–Crippen MR) is 72.2 cm³/mol. The molecule has 2 aromatic carbocycles. The van der Waals surface area contributed by atoms with E-state index in [0.717, 1.165) is 11.5 Å². The van der Waals surface area contributed by atoms with Crippen LogP contribution in [0.4, 0.5) is 13.2 Å². The van der Waals surface area contributed by atoms with Crippen molar-refractivity contribution < 1.29 is 13.2 Å². The van der Waals surface area contributed by atoms with E-state index in [0.29, 0.717) is 11.1 Å². The summed E-state index contributed by atoms with van der Waals surface area (Å²) in [4.78, 5) is 4.21. The second kappa shape index (κ2) is 4.63. The van der Waals surface area contributed by atoms with Gasteiger partial charge in [-0.15, -0.1) is 0 Å². The molecule has 0 fully saturated rings. The summed E-state index contributed by atoms with van der Waals surface area (Å²) in [6.07, 6.45) is -2.80. The number of benzene rings is 2. The quantitative estimate of drug-likeness (QED) is 0.613. The number of hydrogen-bond donors (Lipinski definition) is 0. The first-order valence-corrected chi connectivity index (χ1v) is 6.08. The third-order valence-electron chi connectivity index (χ3n) is 3.16. The van der Waals surface area contributed by atoms with Crippen molar-refractivity contribution >= 4 is 10.9 Å². The largest absolute Gasteiger partial charge is 0.417 e. The predicted octanol–water partition coefficient (Wildman–Crippen LogP) is 4.92. The number of alkyl halides is 3. The highest BCUT2D eigenvalue weighted by Crippen LogP contribution is 2.38. The van der Waals surface area contributed by atoms with E-state index in [4.69, 9.17) is 0 Å². The van der Waals surface area contributed by atoms with Gasteiger partial charge in [0, 0.05) is 17.1 Å². The van der Waals surface area contributed by atoms with E-state index in [9.17, 15) is 13.2 Å². The maximum absolute atomic E-state index is 13.1. The minimum absolute atomic E-state index is 0.157. The molecule has 20 heavy (non-hydrogen) atoms. The Bertz CT molecular complexity index is 758. The first-order valence-electron chi connectivity index (χ1n) is 6.08. The van der Waals surface area contributed by atoms with Crippen LogP contribution in [-0.2, 0) is 6.18 Å². The highest BCUT2D eigenvalue weighted by molar-refractivity contribution is 5.94. The Balaban J connectivity index is 2.32. The maximum atomic E-state index is 13.1. The molecule has 0 spiro atoms. The van der Waals surface area contributed by atoms with Gasteiger partial charge in [-0.25, -0.2) is 0 Å². The van der Waals surface area contributed by atoms with Crippen LogP contribution in [-0.4, -0.2) is 4.98 Å². The van der Waals surface area contributed by atoms with Gasteiger partial charge in [-0.3, -0.25) is 4.98 Å². The molecule has 0 aliphatic rings. The number of aromatic nitrogens is 1. The van der Waals surface area contributed by atoms with Crippen LogP contribution in [0.15, 0.2) is 60.8 Å². The minimum atomic E-state index is -4.38. The zero-order valence-electron chi connectivity index (χ0n) is 10.4. The lowest BCUT2D eigenvalue weighted by atomic mass is 9.97. The Hall–Kier alpha value is -2.36. The summed E-state index contributed by atoms with van der Waals surface area (Å²) in [6, 6.07) is 14.4. The van der Waals surface area contributed by atoms with Crippen LogP contribution in [0.2, 0.25) is 0 Å². The maximum Gasteiger partial charge on any atom is 0.417 e. The topological polar surface area (TPSA) is 12.9 Å². The lowest BCUT2D eigenvalue weighted by Crippen LogP contribution is -2.07. The number of nitrogens with zero attached hydrogens (tertiary/aromatic N) is 1. The van der Waals surface area contributed by atoms with E-state index in [1.165, 1.54) is 12.1 Å². The monoisotopic (exact) mass is 273 g/mol. The Morgan fingerprint density at radius 3 is 2.25 bits per heavy atom. The van der Waals surface area contributed by atoms with Crippen molar-refractivity contribution in [1.29, 1.82) is 0 Å². The van der Waals surface area contributed by atoms with Gasteiger partial charge in [0.2, 0.25) is 0 Å². The van der Waals surface area contributed by atoms with E-state index in [1.807, 2.05) is 12.1 Å². The van der Waals surface area contributed by atoms with Crippen LogP contribution < -0.4 is 0 Å². The molecule has 0 aliphatic heterocycles. The minimum Gasteiger partial charge on any atom is -0.256 e. The summed E-state index contributed by atoms with van der Waals surface area (Å²) in [5.74, 6) is 0. The SMILES string of the molecule is FC(F)(F)c1ccccc1-c1cccc2cccnc12. The molecule has 0 saturated carbocycles. The first-order chi connectivity index (χ1) is 9.57. The van der Waals surface area contributed by atoms with Crippen molar-refractivity contribution in [2.75, 3.05) is 0 Å². The lowest BCUT2D eigenvalue weighted by molar-refractivity contribution is -0.137. The third kappa shape index (κ3) is 2.13. The number of rotatable bonds is 1. The molecule has 3 rings (SSSR count). The molecule has 0 radical (unpaired) electrons. The van der Waals surface area contributed by atoms with Crippen molar-refractivity contribution in [3.63, 3.8) is 0 Å². The summed E-state index contributed by atoms with van der Waals surface area (Å²) in [5.41, 5.74) is 0.588. The highest BCUT2D eigenvalue weighted by atomic mass is 19.4. The van der Waals surface area contributed by atoms with Gasteiger partial charge >= 0.3 is 6.18 Å². The molecule has 1 nitrogen and oxygen atoms in total. The summed E-state index contributed by atoms with van der Waals surface area (Å²) < 4.78 is 39.3. The van der Waals surface area contributed by atoms with Gasteiger partial charge in [0.05, 0.1) is 11.1 Å². The van der Waals surface area contributed by atoms with Gasteiger partial charge in [0.1, 0.15) is 0 Å². The van der Waals surface area contributed by atoms with Crippen LogP contribution in [0.3, 0.4) is 0 Å². The average Bonchev–Trinajstić information content (AvgIpc) is 2.46. The summed E-state index contributed by atoms with van der Waals surface area (Å²) in [5, 5.41) is 0.821. The standard InChI is InChI=1S/C16H10F3N/c17-16(18,19)14-9-2-1-7-12(14)13-8-3-5-11-6-4-10-20-15(11)13/h1-10H. The molecular formula is C16H10F3N. The molecule has 0 saturated heterocycles. The van der Waals surface area contributed by atoms with Crippen LogP contribution in [0.5, 0.6) is 0 Å². The molecule has 0 bridgehead atoms. The number of para-hydroxylation sites is 1. The van der Waals surface area contributed by atoms with Crippen molar-refractivity contribution in [3.8, 4) is 11.1 Å². The van der Waals surface area contributed by atoms with Crippen molar-refractivity contribution in [2.45, 2.75) is 6.18 Å². The number of pyridine rings is 1. The fourth-order valence-electron chi connectivity index (χ4n) is 2.29. The Morgan fingerprint density at radius 2 is 1.45 bits per heavy atom. The van der Waals surface area contributed by atoms with E-state index < -0.39 is 11.7 Å². The van der Waals surface area contributed by atoms with Crippen molar-refractivity contribution in [2.24, 2.45) is 0 Å². The Morgan fingerprint density at radius 1 is 0.750 bits per heavy atom. The fourth-order valence-corrected chi connectivity index (χ4v) is 2.29. The third-order valence-corrected chi connectivity index (χ3v) is 3.16. The van der Waals surface area contributed by atoms with Gasteiger partial charge in [-0.1, -0.05) is 42.5 Å². The zero-order valence-corrected chi connectivity index (χ0v) is 10.4. The molecule has 4 heteroatoms. The number of fused-ring (bicyclic) bond motifs is 1. The molecule has 100 valence electrons. The summed E-state index contributed by atoms with van der Waals surface area (Å²) in [6.45, 7) is 0. The van der Waals surface area contributed by atoms with E-state index >= 15 is 0 Å². The van der Waals surface area contributed by atoms with Crippen LogP contribution >= 0.6 is 0 Å². The van der Waals surface area contributed by atoms with Crippen molar-refractivity contribution in [1.82, 2.24) is 4.98 Å². The second-order valence-corrected chi connectivity index (χ2v) is 4.42. The molecular weight excluding hydrogens is 263 g/mol. The lowest BCUT2D eigenvalue weighted by Gasteiger charge is -2.13. The fraction of sp³-hybridized carbons (Fsp3) is 0.0625. The molecule has 0 unspecified atom stereocenters. The van der Waals surface area contributed by atoms with Gasteiger partial charge in [0.25, 0.3) is 0 Å². The van der Waals surface area contributed by atoms with Gasteiger partial charge in [-0.2, -0.15) is 13.2 Å². The van der Waals surface area contributed by atoms with E-state index in [-0.39, 0.29) is 5.56 Å². The zero-order chi connectivity index (χ0) is 14.2. The molecule has 3 aromatic rings. The van der Waals surface area contributed by atoms with E-state index in [2.05, 4.69) is 4.98 Å². The van der Waals surface area contributed by atoms with Gasteiger partial charge in [0.15, 0.2) is 0 Å². The molecule has 0 amide bonds. The average molecular weight is 273 g/mol. The molecule has 1 aromatic heterocycles. The Kier molecular flexibility index (Phi) is 2.93. The van der Waals surface area contributed by atoms with Crippen LogP contribution in [0.1, 0.15) is 5.56 Å². The molecule has 0 N–H and O–H groups in total. The highest BCUT2D eigenvalue weighted by Gasteiger charge is 2.33. The summed E-state index contributed by atoms with van der Waals surface area (Å²) in [7, 11) is 0. The van der Waals surface area contributed by atoms with Gasteiger partial charge in [-0.05, 0) is 17.7 Å². The van der Waals surface area contributed by atoms with E-state index in [1.54, 1.807) is 30.5 Å². The van der Waals surface area contributed by atoms with Crippen LogP contribution in [0.25, 0.3) is 22.0 Å². The molecule has 1 heterocycles. The first kappa shape index (κ1) is 12.7. The smallest absolute Gasteiger partial charge is 0.256 e. The summed E-state index contributed by atoms with van der Waals surface area (Å²) >= 11 is 0. The van der Waals surface area contributed by atoms with Crippen molar-refractivity contribution in [3.05, 3.63) is 66.4 Å².